The van der Waals surface area contributed by atoms with Gasteiger partial charge >= 0.3 is 0 Å². The van der Waals surface area contributed by atoms with E-state index in [-0.39, 0.29) is 5.91 Å². The number of aromatic nitrogens is 2. The number of benzene rings is 2. The third kappa shape index (κ3) is 3.72. The van der Waals surface area contributed by atoms with Crippen LogP contribution in [0.2, 0.25) is 0 Å². The van der Waals surface area contributed by atoms with Crippen LogP contribution in [0.4, 0.5) is 0 Å². The molecule has 2 aromatic carbocycles. The zero-order valence-corrected chi connectivity index (χ0v) is 16.7. The molecule has 1 aliphatic rings. The van der Waals surface area contributed by atoms with E-state index in [4.69, 9.17) is 22.1 Å². The number of nitrogens with zero attached hydrogens (tertiary/aromatic N) is 3. The zero-order valence-electron chi connectivity index (χ0n) is 15.1. The molecule has 0 spiro atoms. The number of ether oxygens (including phenoxy) is 1. The van der Waals surface area contributed by atoms with Crippen LogP contribution in [0.25, 0.3) is 23.0 Å². The Morgan fingerprint density at radius 1 is 1.14 bits per heavy atom. The Balaban J connectivity index is 1.75. The van der Waals surface area contributed by atoms with Gasteiger partial charge in [-0.3, -0.25) is 9.69 Å². The predicted molar refractivity (Wildman–Crippen MR) is 116 cm³/mol. The van der Waals surface area contributed by atoms with Crippen molar-refractivity contribution in [3.8, 4) is 22.7 Å². The van der Waals surface area contributed by atoms with Crippen LogP contribution in [0.1, 0.15) is 5.56 Å². The number of thioether (sulfide) groups is 1. The van der Waals surface area contributed by atoms with E-state index in [0.29, 0.717) is 10.1 Å². The molecule has 0 aliphatic carbocycles. The molecule has 140 valence electrons. The third-order valence-electron chi connectivity index (χ3n) is 4.31. The number of carbonyl (C=O) groups is 1. The van der Waals surface area contributed by atoms with Crippen molar-refractivity contribution in [3.63, 3.8) is 0 Å². The molecule has 4 rings (SSSR count). The standard InChI is InChI=1S/C21H17N3O2S2/c1-26-18-9-7-15(8-10-18)20-16(11-12-23-19(25)14-28-21(23)27)13-24(22-20)17-5-3-2-4-6-17/h2-13H,14H2,1H3/b12-11+. The van der Waals surface area contributed by atoms with Crippen LogP contribution in [0, 0.1) is 0 Å². The van der Waals surface area contributed by atoms with Crippen molar-refractivity contribution in [3.05, 3.63) is 72.6 Å². The Labute approximate surface area is 172 Å². The molecule has 0 bridgehead atoms. The van der Waals surface area contributed by atoms with Crippen LogP contribution in [0.15, 0.2) is 67.0 Å². The minimum Gasteiger partial charge on any atom is -0.497 e. The summed E-state index contributed by atoms with van der Waals surface area (Å²) < 4.78 is 7.65. The van der Waals surface area contributed by atoms with Crippen LogP contribution >= 0.6 is 24.0 Å². The SMILES string of the molecule is COc1ccc(-c2nn(-c3ccccc3)cc2/C=C/N2C(=O)CSC2=S)cc1. The molecule has 1 fully saturated rings. The van der Waals surface area contributed by atoms with Crippen molar-refractivity contribution in [1.29, 1.82) is 0 Å². The highest BCUT2D eigenvalue weighted by atomic mass is 32.2. The fourth-order valence-corrected chi connectivity index (χ4v) is 3.89. The zero-order chi connectivity index (χ0) is 19.5. The molecule has 0 N–H and O–H groups in total. The van der Waals surface area contributed by atoms with E-state index in [1.807, 2.05) is 71.6 Å². The molecule has 7 heteroatoms. The first kappa shape index (κ1) is 18.5. The number of hydrogen-bond donors (Lipinski definition) is 0. The molecule has 1 aromatic heterocycles. The molecular formula is C21H17N3O2S2. The summed E-state index contributed by atoms with van der Waals surface area (Å²) in [7, 11) is 1.64. The molecule has 1 aliphatic heterocycles. The predicted octanol–water partition coefficient (Wildman–Crippen LogP) is 4.38. The van der Waals surface area contributed by atoms with Gasteiger partial charge < -0.3 is 4.74 Å². The lowest BCUT2D eigenvalue weighted by Crippen LogP contribution is -2.21. The Morgan fingerprint density at radius 3 is 2.54 bits per heavy atom. The van der Waals surface area contributed by atoms with Crippen molar-refractivity contribution in [1.82, 2.24) is 14.7 Å². The van der Waals surface area contributed by atoms with Crippen LogP contribution < -0.4 is 4.74 Å². The number of carbonyl (C=O) groups excluding carboxylic acids is 1. The maximum atomic E-state index is 12.0. The van der Waals surface area contributed by atoms with Crippen molar-refractivity contribution >= 4 is 40.3 Å². The first-order chi connectivity index (χ1) is 13.7. The second-order valence-electron chi connectivity index (χ2n) is 6.08. The number of hydrogen-bond acceptors (Lipinski definition) is 5. The lowest BCUT2D eigenvalue weighted by atomic mass is 10.1. The van der Waals surface area contributed by atoms with Gasteiger partial charge in [0.15, 0.2) is 0 Å². The molecule has 0 radical (unpaired) electrons. The number of para-hydroxylation sites is 1. The molecule has 3 aromatic rings. The van der Waals surface area contributed by atoms with Crippen molar-refractivity contribution in [2.45, 2.75) is 0 Å². The van der Waals surface area contributed by atoms with Crippen LogP contribution in [-0.4, -0.2) is 37.8 Å². The molecule has 0 saturated carbocycles. The normalized spacial score (nSPS) is 14.2. The van der Waals surface area contributed by atoms with Crippen molar-refractivity contribution in [2.75, 3.05) is 12.9 Å². The fourth-order valence-electron chi connectivity index (χ4n) is 2.86. The lowest BCUT2D eigenvalue weighted by molar-refractivity contribution is -0.122. The smallest absolute Gasteiger partial charge is 0.242 e. The highest BCUT2D eigenvalue weighted by Gasteiger charge is 2.24. The maximum absolute atomic E-state index is 12.0. The highest BCUT2D eigenvalue weighted by Crippen LogP contribution is 2.28. The minimum absolute atomic E-state index is 0.00676. The number of thiocarbonyl (C=S) groups is 1. The second-order valence-corrected chi connectivity index (χ2v) is 7.68. The molecular weight excluding hydrogens is 390 g/mol. The molecule has 5 nitrogen and oxygen atoms in total. The van der Waals surface area contributed by atoms with Crippen molar-refractivity contribution < 1.29 is 9.53 Å². The van der Waals surface area contributed by atoms with E-state index in [1.165, 1.54) is 16.7 Å². The average molecular weight is 408 g/mol. The van der Waals surface area contributed by atoms with Gasteiger partial charge in [-0.1, -0.05) is 42.2 Å². The van der Waals surface area contributed by atoms with Gasteiger partial charge in [0.25, 0.3) is 0 Å². The summed E-state index contributed by atoms with van der Waals surface area (Å²) in [4.78, 5) is 13.5. The molecule has 1 saturated heterocycles. The van der Waals surface area contributed by atoms with Crippen LogP contribution in [0.5, 0.6) is 5.75 Å². The average Bonchev–Trinajstić information content (AvgIpc) is 3.30. The van der Waals surface area contributed by atoms with E-state index in [2.05, 4.69) is 0 Å². The second kappa shape index (κ2) is 8.00. The van der Waals surface area contributed by atoms with E-state index in [0.717, 1.165) is 28.3 Å². The van der Waals surface area contributed by atoms with Crippen LogP contribution in [0.3, 0.4) is 0 Å². The van der Waals surface area contributed by atoms with Gasteiger partial charge in [0, 0.05) is 23.5 Å². The van der Waals surface area contributed by atoms with Gasteiger partial charge in [-0.2, -0.15) is 5.10 Å². The summed E-state index contributed by atoms with van der Waals surface area (Å²) in [6.45, 7) is 0. The quantitative estimate of drug-likeness (QED) is 0.588. The molecule has 1 amide bonds. The number of rotatable bonds is 5. The molecule has 28 heavy (non-hydrogen) atoms. The maximum Gasteiger partial charge on any atom is 0.242 e. The van der Waals surface area contributed by atoms with Gasteiger partial charge in [0.1, 0.15) is 15.8 Å². The lowest BCUT2D eigenvalue weighted by Gasteiger charge is -2.07. The summed E-state index contributed by atoms with van der Waals surface area (Å²) in [6.07, 6.45) is 5.55. The number of methoxy groups -OCH3 is 1. The Bertz CT molecular complexity index is 1030. The summed E-state index contributed by atoms with van der Waals surface area (Å²) in [5.41, 5.74) is 3.62. The monoisotopic (exact) mass is 407 g/mol. The molecule has 0 unspecified atom stereocenters. The summed E-state index contributed by atoms with van der Waals surface area (Å²) in [5, 5.41) is 4.77. The number of amides is 1. The van der Waals surface area contributed by atoms with Crippen LogP contribution in [-0.2, 0) is 4.79 Å². The Morgan fingerprint density at radius 2 is 1.89 bits per heavy atom. The summed E-state index contributed by atoms with van der Waals surface area (Å²) in [6, 6.07) is 17.6. The topological polar surface area (TPSA) is 47.4 Å². The van der Waals surface area contributed by atoms with Gasteiger partial charge in [-0.15, -0.1) is 0 Å². The van der Waals surface area contributed by atoms with Gasteiger partial charge in [-0.25, -0.2) is 4.68 Å². The van der Waals surface area contributed by atoms with E-state index in [1.54, 1.807) is 13.3 Å². The Kier molecular flexibility index (Phi) is 5.27. The summed E-state index contributed by atoms with van der Waals surface area (Å²) >= 11 is 6.63. The largest absolute Gasteiger partial charge is 0.497 e. The van der Waals surface area contributed by atoms with E-state index >= 15 is 0 Å². The van der Waals surface area contributed by atoms with Gasteiger partial charge in [0.05, 0.1) is 18.6 Å². The van der Waals surface area contributed by atoms with Gasteiger partial charge in [-0.05, 0) is 42.5 Å². The highest BCUT2D eigenvalue weighted by molar-refractivity contribution is 8.24. The fraction of sp³-hybridized carbons (Fsp3) is 0.0952. The third-order valence-corrected chi connectivity index (χ3v) is 5.70. The first-order valence-electron chi connectivity index (χ1n) is 8.62. The van der Waals surface area contributed by atoms with E-state index < -0.39 is 0 Å². The minimum atomic E-state index is -0.00676. The summed E-state index contributed by atoms with van der Waals surface area (Å²) in [5.74, 6) is 1.17. The molecule has 0 atom stereocenters. The Hall–Kier alpha value is -2.90. The molecule has 2 heterocycles. The van der Waals surface area contributed by atoms with Crippen molar-refractivity contribution in [2.24, 2.45) is 0 Å². The first-order valence-corrected chi connectivity index (χ1v) is 10.0. The van der Waals surface area contributed by atoms with Gasteiger partial charge in [0.2, 0.25) is 5.91 Å². The van der Waals surface area contributed by atoms with E-state index in [9.17, 15) is 4.79 Å².